The molecule has 0 unspecified atom stereocenters. The van der Waals surface area contributed by atoms with Crippen molar-refractivity contribution < 1.29 is 18.4 Å². The first kappa shape index (κ1) is 17.4. The molecule has 0 bridgehead atoms. The SMILES string of the molecule is O=C(NCc1ccccc1Cl)C1(C(=O)Nc2c(F)cccc2F)CC1. The molecule has 1 aliphatic carbocycles. The highest BCUT2D eigenvalue weighted by atomic mass is 35.5. The van der Waals surface area contributed by atoms with Crippen LogP contribution in [0.5, 0.6) is 0 Å². The van der Waals surface area contributed by atoms with Crippen LogP contribution in [0.15, 0.2) is 42.5 Å². The Morgan fingerprint density at radius 1 is 1.00 bits per heavy atom. The summed E-state index contributed by atoms with van der Waals surface area (Å²) in [6, 6.07) is 10.3. The number of amides is 2. The Morgan fingerprint density at radius 2 is 1.64 bits per heavy atom. The summed E-state index contributed by atoms with van der Waals surface area (Å²) in [6.45, 7) is 0.168. The number of halogens is 3. The van der Waals surface area contributed by atoms with Gasteiger partial charge in [0.25, 0.3) is 0 Å². The number of carbonyl (C=O) groups excluding carboxylic acids is 2. The largest absolute Gasteiger partial charge is 0.351 e. The first-order chi connectivity index (χ1) is 11.9. The van der Waals surface area contributed by atoms with Gasteiger partial charge in [0.05, 0.1) is 0 Å². The van der Waals surface area contributed by atoms with Gasteiger partial charge in [0.2, 0.25) is 11.8 Å². The fraction of sp³-hybridized carbons (Fsp3) is 0.222. The Hall–Kier alpha value is -2.47. The minimum absolute atomic E-state index is 0.168. The van der Waals surface area contributed by atoms with Gasteiger partial charge < -0.3 is 10.6 Å². The van der Waals surface area contributed by atoms with Crippen molar-refractivity contribution in [3.05, 3.63) is 64.7 Å². The second-order valence-electron chi connectivity index (χ2n) is 5.91. The van der Waals surface area contributed by atoms with Gasteiger partial charge in [0.1, 0.15) is 22.7 Å². The van der Waals surface area contributed by atoms with Gasteiger partial charge in [-0.25, -0.2) is 8.78 Å². The van der Waals surface area contributed by atoms with Gasteiger partial charge in [-0.05, 0) is 36.6 Å². The van der Waals surface area contributed by atoms with Crippen LogP contribution in [0.4, 0.5) is 14.5 Å². The number of rotatable bonds is 5. The van der Waals surface area contributed by atoms with E-state index in [0.717, 1.165) is 12.1 Å². The predicted molar refractivity (Wildman–Crippen MR) is 90.0 cm³/mol. The van der Waals surface area contributed by atoms with Crippen LogP contribution in [-0.2, 0) is 16.1 Å². The van der Waals surface area contributed by atoms with Crippen LogP contribution in [0.2, 0.25) is 5.02 Å². The maximum Gasteiger partial charge on any atom is 0.240 e. The lowest BCUT2D eigenvalue weighted by Gasteiger charge is -2.16. The molecule has 0 radical (unpaired) electrons. The number of benzene rings is 2. The first-order valence-electron chi connectivity index (χ1n) is 7.71. The van der Waals surface area contributed by atoms with E-state index in [2.05, 4.69) is 10.6 Å². The van der Waals surface area contributed by atoms with Gasteiger partial charge >= 0.3 is 0 Å². The van der Waals surface area contributed by atoms with Gasteiger partial charge in [0, 0.05) is 11.6 Å². The van der Waals surface area contributed by atoms with Crippen molar-refractivity contribution in [1.82, 2.24) is 5.32 Å². The summed E-state index contributed by atoms with van der Waals surface area (Å²) >= 11 is 6.03. The summed E-state index contributed by atoms with van der Waals surface area (Å²) in [7, 11) is 0. The fourth-order valence-electron chi connectivity index (χ4n) is 2.52. The van der Waals surface area contributed by atoms with Crippen molar-refractivity contribution in [3.8, 4) is 0 Å². The molecule has 25 heavy (non-hydrogen) atoms. The lowest BCUT2D eigenvalue weighted by Crippen LogP contribution is -2.40. The minimum atomic E-state index is -1.30. The molecule has 4 nitrogen and oxygen atoms in total. The molecule has 0 atom stereocenters. The first-order valence-corrected chi connectivity index (χ1v) is 8.09. The quantitative estimate of drug-likeness (QED) is 0.795. The summed E-state index contributed by atoms with van der Waals surface area (Å²) in [5.41, 5.74) is -1.12. The standard InChI is InChI=1S/C18H15ClF2N2O2/c19-12-5-2-1-4-11(12)10-22-16(24)18(8-9-18)17(25)23-15-13(20)6-3-7-14(15)21/h1-7H,8-10H2,(H,22,24)(H,23,25). The van der Waals surface area contributed by atoms with E-state index in [-0.39, 0.29) is 6.54 Å². The monoisotopic (exact) mass is 364 g/mol. The third-order valence-corrected chi connectivity index (χ3v) is 4.59. The topological polar surface area (TPSA) is 58.2 Å². The molecule has 2 aromatic carbocycles. The van der Waals surface area contributed by atoms with Gasteiger partial charge in [-0.2, -0.15) is 0 Å². The van der Waals surface area contributed by atoms with Crippen LogP contribution in [-0.4, -0.2) is 11.8 Å². The predicted octanol–water partition coefficient (Wildman–Crippen LogP) is 3.65. The average molecular weight is 365 g/mol. The third-order valence-electron chi connectivity index (χ3n) is 4.22. The summed E-state index contributed by atoms with van der Waals surface area (Å²) in [6.07, 6.45) is 0.645. The second kappa shape index (κ2) is 6.80. The number of anilines is 1. The van der Waals surface area contributed by atoms with Crippen molar-refractivity contribution >= 4 is 29.1 Å². The number of para-hydroxylation sites is 1. The van der Waals surface area contributed by atoms with Gasteiger partial charge in [-0.15, -0.1) is 0 Å². The molecule has 0 saturated heterocycles. The van der Waals surface area contributed by atoms with E-state index in [1.807, 2.05) is 0 Å². The van der Waals surface area contributed by atoms with Crippen LogP contribution in [0.3, 0.4) is 0 Å². The van der Waals surface area contributed by atoms with Gasteiger partial charge in [0.15, 0.2) is 0 Å². The highest BCUT2D eigenvalue weighted by Crippen LogP contribution is 2.47. The van der Waals surface area contributed by atoms with Crippen molar-refractivity contribution in [1.29, 1.82) is 0 Å². The molecule has 2 aromatic rings. The van der Waals surface area contributed by atoms with Crippen molar-refractivity contribution in [2.24, 2.45) is 5.41 Å². The Balaban J connectivity index is 1.68. The molecule has 2 N–H and O–H groups in total. The number of carbonyl (C=O) groups is 2. The van der Waals surface area contributed by atoms with Crippen LogP contribution < -0.4 is 10.6 Å². The molecule has 0 aromatic heterocycles. The highest BCUT2D eigenvalue weighted by molar-refractivity contribution is 6.31. The molecule has 130 valence electrons. The lowest BCUT2D eigenvalue weighted by atomic mass is 10.0. The van der Waals surface area contributed by atoms with Crippen molar-refractivity contribution in [2.75, 3.05) is 5.32 Å². The molecule has 0 aliphatic heterocycles. The molecule has 2 amide bonds. The summed E-state index contributed by atoms with van der Waals surface area (Å²) in [5, 5.41) is 5.37. The zero-order valence-corrected chi connectivity index (χ0v) is 13.9. The summed E-state index contributed by atoms with van der Waals surface area (Å²) in [4.78, 5) is 24.8. The molecule has 1 aliphatic rings. The normalized spacial score (nSPS) is 14.7. The van der Waals surface area contributed by atoms with E-state index in [0.29, 0.717) is 23.4 Å². The molecule has 1 saturated carbocycles. The van der Waals surface area contributed by atoms with E-state index in [1.165, 1.54) is 6.07 Å². The Labute approximate surface area is 148 Å². The second-order valence-corrected chi connectivity index (χ2v) is 6.31. The zero-order valence-electron chi connectivity index (χ0n) is 13.1. The van der Waals surface area contributed by atoms with Crippen LogP contribution >= 0.6 is 11.6 Å². The minimum Gasteiger partial charge on any atom is -0.351 e. The Morgan fingerprint density at radius 3 is 2.24 bits per heavy atom. The Kier molecular flexibility index (Phi) is 4.72. The zero-order chi connectivity index (χ0) is 18.0. The highest BCUT2D eigenvalue weighted by Gasteiger charge is 2.56. The van der Waals surface area contributed by atoms with Crippen LogP contribution in [0.25, 0.3) is 0 Å². The molecular weight excluding hydrogens is 350 g/mol. The third kappa shape index (κ3) is 3.49. The van der Waals surface area contributed by atoms with E-state index < -0.39 is 34.6 Å². The van der Waals surface area contributed by atoms with E-state index in [1.54, 1.807) is 24.3 Å². The molecule has 3 rings (SSSR count). The molecular formula is C18H15ClF2N2O2. The fourth-order valence-corrected chi connectivity index (χ4v) is 2.72. The van der Waals surface area contributed by atoms with E-state index in [9.17, 15) is 18.4 Å². The molecule has 7 heteroatoms. The van der Waals surface area contributed by atoms with Gasteiger partial charge in [-0.3, -0.25) is 9.59 Å². The molecule has 0 heterocycles. The Bertz CT molecular complexity index is 817. The van der Waals surface area contributed by atoms with Crippen LogP contribution in [0.1, 0.15) is 18.4 Å². The molecule has 1 fully saturated rings. The van der Waals surface area contributed by atoms with E-state index in [4.69, 9.17) is 11.6 Å². The number of nitrogens with one attached hydrogen (secondary N) is 2. The van der Waals surface area contributed by atoms with Crippen molar-refractivity contribution in [2.45, 2.75) is 19.4 Å². The van der Waals surface area contributed by atoms with Crippen molar-refractivity contribution in [3.63, 3.8) is 0 Å². The molecule has 0 spiro atoms. The van der Waals surface area contributed by atoms with Crippen LogP contribution in [0, 0.1) is 17.0 Å². The lowest BCUT2D eigenvalue weighted by molar-refractivity contribution is -0.134. The summed E-state index contributed by atoms with van der Waals surface area (Å²) in [5.74, 6) is -2.98. The smallest absolute Gasteiger partial charge is 0.240 e. The van der Waals surface area contributed by atoms with E-state index >= 15 is 0 Å². The van der Waals surface area contributed by atoms with Gasteiger partial charge in [-0.1, -0.05) is 35.9 Å². The average Bonchev–Trinajstić information content (AvgIpc) is 3.39. The maximum absolute atomic E-state index is 13.7. The number of hydrogen-bond donors (Lipinski definition) is 2. The summed E-state index contributed by atoms with van der Waals surface area (Å²) < 4.78 is 27.3. The maximum atomic E-state index is 13.7. The number of hydrogen-bond acceptors (Lipinski definition) is 2.